The number of anilines is 1. The van der Waals surface area contributed by atoms with Crippen LogP contribution < -0.4 is 15.8 Å². The molecule has 0 aliphatic carbocycles. The third kappa shape index (κ3) is 3.10. The highest BCUT2D eigenvalue weighted by Gasteiger charge is 2.22. The first-order valence-corrected chi connectivity index (χ1v) is 6.62. The molecule has 0 aliphatic heterocycles. The summed E-state index contributed by atoms with van der Waals surface area (Å²) in [5, 5.41) is 2.23. The molecular formula is C10H14FN3O3S. The van der Waals surface area contributed by atoms with Crippen LogP contribution in [0.1, 0.15) is 12.5 Å². The Morgan fingerprint density at radius 2 is 2.06 bits per heavy atom. The van der Waals surface area contributed by atoms with E-state index in [0.29, 0.717) is 5.56 Å². The van der Waals surface area contributed by atoms with Gasteiger partial charge in [-0.3, -0.25) is 0 Å². The highest BCUT2D eigenvalue weighted by atomic mass is 32.2. The van der Waals surface area contributed by atoms with Crippen molar-refractivity contribution in [3.05, 3.63) is 23.5 Å². The Balaban J connectivity index is 3.13. The van der Waals surface area contributed by atoms with Gasteiger partial charge in [-0.25, -0.2) is 22.3 Å². The van der Waals surface area contributed by atoms with Gasteiger partial charge < -0.3 is 11.1 Å². The third-order valence-corrected chi connectivity index (χ3v) is 3.52. The smallest absolute Gasteiger partial charge is 0.328 e. The van der Waals surface area contributed by atoms with Gasteiger partial charge >= 0.3 is 6.03 Å². The van der Waals surface area contributed by atoms with Crippen LogP contribution in [0.3, 0.4) is 0 Å². The van der Waals surface area contributed by atoms with Crippen molar-refractivity contribution in [3.63, 3.8) is 0 Å². The van der Waals surface area contributed by atoms with Crippen LogP contribution in [0.5, 0.6) is 0 Å². The molecule has 0 aromatic heterocycles. The number of aryl methyl sites for hydroxylation is 1. The zero-order valence-electron chi connectivity index (χ0n) is 9.95. The second-order valence-electron chi connectivity index (χ2n) is 3.60. The van der Waals surface area contributed by atoms with Crippen LogP contribution >= 0.6 is 0 Å². The molecule has 0 saturated heterocycles. The van der Waals surface area contributed by atoms with E-state index in [-0.39, 0.29) is 12.2 Å². The zero-order valence-corrected chi connectivity index (χ0v) is 10.8. The molecule has 0 atom stereocenters. The lowest BCUT2D eigenvalue weighted by Crippen LogP contribution is -2.39. The van der Waals surface area contributed by atoms with Crippen LogP contribution in [0.2, 0.25) is 0 Å². The number of nitrogen functional groups attached to an aromatic ring is 1. The lowest BCUT2D eigenvalue weighted by atomic mass is 10.2. The molecule has 8 heteroatoms. The average Bonchev–Trinajstić information content (AvgIpc) is 2.22. The number of urea groups is 1. The topological polar surface area (TPSA) is 101 Å². The van der Waals surface area contributed by atoms with E-state index in [9.17, 15) is 17.6 Å². The molecule has 4 N–H and O–H groups in total. The fourth-order valence-electron chi connectivity index (χ4n) is 1.25. The minimum Gasteiger partial charge on any atom is -0.398 e. The summed E-state index contributed by atoms with van der Waals surface area (Å²) in [5.41, 5.74) is 6.07. The number of nitrogens with one attached hydrogen (secondary N) is 2. The molecule has 18 heavy (non-hydrogen) atoms. The van der Waals surface area contributed by atoms with Crippen molar-refractivity contribution in [2.45, 2.75) is 18.7 Å². The van der Waals surface area contributed by atoms with Gasteiger partial charge in [0.25, 0.3) is 10.0 Å². The molecule has 0 bridgehead atoms. The number of hydrogen-bond acceptors (Lipinski definition) is 4. The standard InChI is InChI=1S/C10H14FN3O3S/c1-3-13-10(15)14-18(16,17)9-5-8(12)6(2)4-7(9)11/h4-5H,3,12H2,1-2H3,(H2,13,14,15). The van der Waals surface area contributed by atoms with Crippen molar-refractivity contribution >= 4 is 21.7 Å². The summed E-state index contributed by atoms with van der Waals surface area (Å²) in [7, 11) is -4.27. The Bertz CT molecular complexity index is 572. The number of halogens is 1. The molecule has 0 heterocycles. The highest BCUT2D eigenvalue weighted by Crippen LogP contribution is 2.21. The first-order chi connectivity index (χ1) is 8.27. The summed E-state index contributed by atoms with van der Waals surface area (Å²) in [4.78, 5) is 10.5. The van der Waals surface area contributed by atoms with E-state index in [1.54, 1.807) is 18.6 Å². The molecule has 2 amide bonds. The highest BCUT2D eigenvalue weighted by molar-refractivity contribution is 7.90. The monoisotopic (exact) mass is 275 g/mol. The van der Waals surface area contributed by atoms with Crippen molar-refractivity contribution in [2.75, 3.05) is 12.3 Å². The van der Waals surface area contributed by atoms with E-state index in [1.807, 2.05) is 0 Å². The number of carbonyl (C=O) groups is 1. The van der Waals surface area contributed by atoms with Gasteiger partial charge in [0.15, 0.2) is 0 Å². The van der Waals surface area contributed by atoms with E-state index in [0.717, 1.165) is 12.1 Å². The SMILES string of the molecule is CCNC(=O)NS(=O)(=O)c1cc(N)c(C)cc1F. The Hall–Kier alpha value is -1.83. The molecule has 0 aliphatic rings. The number of amides is 2. The predicted molar refractivity (Wildman–Crippen MR) is 64.9 cm³/mol. The van der Waals surface area contributed by atoms with Crippen molar-refractivity contribution in [2.24, 2.45) is 0 Å². The van der Waals surface area contributed by atoms with Crippen molar-refractivity contribution < 1.29 is 17.6 Å². The summed E-state index contributed by atoms with van der Waals surface area (Å²) in [6.45, 7) is 3.42. The van der Waals surface area contributed by atoms with Crippen LogP contribution in [0.15, 0.2) is 17.0 Å². The summed E-state index contributed by atoms with van der Waals surface area (Å²) in [6.07, 6.45) is 0. The van der Waals surface area contributed by atoms with Gasteiger partial charge in [0, 0.05) is 12.2 Å². The van der Waals surface area contributed by atoms with Crippen molar-refractivity contribution in [1.29, 1.82) is 0 Å². The number of carbonyl (C=O) groups excluding carboxylic acids is 1. The van der Waals surface area contributed by atoms with Gasteiger partial charge in [0.2, 0.25) is 0 Å². The zero-order chi connectivity index (χ0) is 13.9. The molecule has 1 aromatic carbocycles. The predicted octanol–water partition coefficient (Wildman–Crippen LogP) is 0.724. The molecular weight excluding hydrogens is 261 g/mol. The van der Waals surface area contributed by atoms with Crippen LogP contribution in [0.4, 0.5) is 14.9 Å². The summed E-state index contributed by atoms with van der Waals surface area (Å²) < 4.78 is 38.7. The first kappa shape index (κ1) is 14.2. The molecule has 0 saturated carbocycles. The molecule has 0 unspecified atom stereocenters. The quantitative estimate of drug-likeness (QED) is 0.707. The van der Waals surface area contributed by atoms with Gasteiger partial charge in [-0.1, -0.05) is 0 Å². The summed E-state index contributed by atoms with van der Waals surface area (Å²) in [5.74, 6) is -0.960. The first-order valence-electron chi connectivity index (χ1n) is 5.14. The van der Waals surface area contributed by atoms with E-state index in [4.69, 9.17) is 5.73 Å². The Labute approximate surface area is 104 Å². The largest absolute Gasteiger partial charge is 0.398 e. The van der Waals surface area contributed by atoms with Crippen LogP contribution in [-0.4, -0.2) is 21.0 Å². The van der Waals surface area contributed by atoms with Gasteiger partial charge in [-0.2, -0.15) is 0 Å². The fraction of sp³-hybridized carbons (Fsp3) is 0.300. The molecule has 0 fully saturated rings. The maximum atomic E-state index is 13.6. The van der Waals surface area contributed by atoms with Gasteiger partial charge in [-0.15, -0.1) is 0 Å². The Kier molecular flexibility index (Phi) is 4.12. The Morgan fingerprint density at radius 1 is 1.44 bits per heavy atom. The second kappa shape index (κ2) is 5.21. The molecule has 0 radical (unpaired) electrons. The number of benzene rings is 1. The fourth-order valence-corrected chi connectivity index (χ4v) is 2.27. The molecule has 0 spiro atoms. The van der Waals surface area contributed by atoms with Gasteiger partial charge in [-0.05, 0) is 31.5 Å². The normalized spacial score (nSPS) is 11.1. The minimum atomic E-state index is -4.27. The number of rotatable bonds is 3. The average molecular weight is 275 g/mol. The van der Waals surface area contributed by atoms with Gasteiger partial charge in [0.1, 0.15) is 10.7 Å². The Morgan fingerprint density at radius 3 is 2.61 bits per heavy atom. The van der Waals surface area contributed by atoms with E-state index >= 15 is 0 Å². The maximum Gasteiger partial charge on any atom is 0.328 e. The number of nitrogens with two attached hydrogens (primary N) is 1. The third-order valence-electron chi connectivity index (χ3n) is 2.17. The molecule has 1 rings (SSSR count). The summed E-state index contributed by atoms with van der Waals surface area (Å²) in [6, 6.07) is 1.06. The number of hydrogen-bond donors (Lipinski definition) is 3. The molecule has 1 aromatic rings. The maximum absolute atomic E-state index is 13.6. The van der Waals surface area contributed by atoms with E-state index < -0.39 is 26.8 Å². The lowest BCUT2D eigenvalue weighted by molar-refractivity contribution is 0.246. The second-order valence-corrected chi connectivity index (χ2v) is 5.25. The van der Waals surface area contributed by atoms with Crippen LogP contribution in [-0.2, 0) is 10.0 Å². The van der Waals surface area contributed by atoms with E-state index in [1.165, 1.54) is 0 Å². The van der Waals surface area contributed by atoms with Crippen molar-refractivity contribution in [3.8, 4) is 0 Å². The van der Waals surface area contributed by atoms with Crippen LogP contribution in [0, 0.1) is 12.7 Å². The lowest BCUT2D eigenvalue weighted by Gasteiger charge is -2.10. The molecule has 100 valence electrons. The minimum absolute atomic E-state index is 0.132. The van der Waals surface area contributed by atoms with Crippen LogP contribution in [0.25, 0.3) is 0 Å². The summed E-state index contributed by atoms with van der Waals surface area (Å²) >= 11 is 0. The molecule has 6 nitrogen and oxygen atoms in total. The number of sulfonamides is 1. The van der Waals surface area contributed by atoms with Gasteiger partial charge in [0.05, 0.1) is 0 Å². The van der Waals surface area contributed by atoms with Crippen molar-refractivity contribution in [1.82, 2.24) is 10.0 Å². The van der Waals surface area contributed by atoms with E-state index in [2.05, 4.69) is 5.32 Å².